The number of nitrogens with one attached hydrogen (secondary N) is 1. The molecule has 0 spiro atoms. The number of hydrogen-bond donors (Lipinski definition) is 2. The molecular weight excluding hydrogens is 739 g/mol. The van der Waals surface area contributed by atoms with Crippen LogP contribution in [-0.2, 0) is 36.9 Å². The van der Waals surface area contributed by atoms with Crippen molar-refractivity contribution < 1.29 is 23.9 Å². The molecule has 1 heterocycles. The fraction of sp³-hybridized carbons (Fsp3) is 0.286. The van der Waals surface area contributed by atoms with Gasteiger partial charge in [0.25, 0.3) is 0 Å². The molecule has 5 aromatic rings. The van der Waals surface area contributed by atoms with E-state index < -0.39 is 5.91 Å². The fourth-order valence-corrected chi connectivity index (χ4v) is 6.62. The van der Waals surface area contributed by atoms with Crippen molar-refractivity contribution in [2.75, 3.05) is 49.2 Å². The monoisotopic (exact) mass is 784 g/mol. The van der Waals surface area contributed by atoms with Crippen molar-refractivity contribution in [3.63, 3.8) is 0 Å². The van der Waals surface area contributed by atoms with Crippen molar-refractivity contribution in [2.45, 2.75) is 39.4 Å². The van der Waals surface area contributed by atoms with Crippen LogP contribution in [0.2, 0.25) is 10.0 Å². The number of amides is 1. The van der Waals surface area contributed by atoms with E-state index in [1.54, 1.807) is 6.07 Å². The van der Waals surface area contributed by atoms with E-state index in [1.165, 1.54) is 13.8 Å². The van der Waals surface area contributed by atoms with Crippen LogP contribution in [0.15, 0.2) is 84.9 Å². The molecule has 4 aromatic carbocycles. The number of imidazole rings is 1. The predicted molar refractivity (Wildman–Crippen MR) is 219 cm³/mol. The minimum Gasteiger partial charge on any atom is -0.464 e. The van der Waals surface area contributed by atoms with E-state index in [-0.39, 0.29) is 37.6 Å². The number of hydrogen-bond acceptors (Lipinski definition) is 9. The number of fused-ring (bicyclic) bond motifs is 1. The average molecular weight is 786 g/mol. The second kappa shape index (κ2) is 19.5. The van der Waals surface area contributed by atoms with Crippen LogP contribution >= 0.6 is 23.2 Å². The second-order valence-corrected chi connectivity index (χ2v) is 13.8. The van der Waals surface area contributed by atoms with Gasteiger partial charge in [-0.1, -0.05) is 47.5 Å². The normalized spacial score (nSPS) is 11.7. The summed E-state index contributed by atoms with van der Waals surface area (Å²) in [5.41, 5.74) is 13.1. The van der Waals surface area contributed by atoms with Crippen LogP contribution in [-0.4, -0.2) is 66.8 Å². The Labute approximate surface area is 332 Å². The van der Waals surface area contributed by atoms with Crippen LogP contribution < -0.4 is 20.9 Å². The van der Waals surface area contributed by atoms with Crippen LogP contribution in [0.5, 0.6) is 0 Å². The molecule has 0 bridgehead atoms. The van der Waals surface area contributed by atoms with Crippen LogP contribution in [0.25, 0.3) is 22.4 Å². The molecule has 0 saturated heterocycles. The summed E-state index contributed by atoms with van der Waals surface area (Å²) in [5.74, 6) is -0.386. The fourth-order valence-electron chi connectivity index (χ4n) is 6.30. The summed E-state index contributed by atoms with van der Waals surface area (Å²) in [4.78, 5) is 44.1. The maximum atomic E-state index is 12.3. The molecule has 2 radical (unpaired) electrons. The molecule has 1 unspecified atom stereocenters. The molecule has 5 rings (SSSR count). The standard InChI is InChI=1S/C42H46Cl2N6O5/c1-5-48(6-2)34-15-10-32(11-16-34)42-47-39-24-33(12-18-40(39)50(42)27-31-9-17-36(43)37(44)23-31)38(25-41(45)53)46-26-30-7-13-35(14-8-30)49(19-21-54-28(3)51)20-22-55-29(4)52/h7-18,23-24,38,46H,1-2,5-6,19-22,25-27H2,3-4H3,(H2,45,53). The Hall–Kier alpha value is -5.10. The predicted octanol–water partition coefficient (Wildman–Crippen LogP) is 7.17. The van der Waals surface area contributed by atoms with E-state index in [4.69, 9.17) is 43.4 Å². The van der Waals surface area contributed by atoms with Crippen molar-refractivity contribution in [2.24, 2.45) is 5.73 Å². The van der Waals surface area contributed by atoms with E-state index in [1.807, 2.05) is 83.8 Å². The minimum atomic E-state index is -0.436. The Kier molecular flexibility index (Phi) is 14.5. The molecular formula is C42H46Cl2N6O5. The number of esters is 2. The number of halogens is 2. The lowest BCUT2D eigenvalue weighted by Gasteiger charge is -2.25. The van der Waals surface area contributed by atoms with Gasteiger partial charge in [0, 0.05) is 69.4 Å². The van der Waals surface area contributed by atoms with Gasteiger partial charge in [-0.2, -0.15) is 0 Å². The minimum absolute atomic E-state index is 0.0804. The zero-order chi connectivity index (χ0) is 39.5. The van der Waals surface area contributed by atoms with Gasteiger partial charge in [-0.3, -0.25) is 14.4 Å². The van der Waals surface area contributed by atoms with Gasteiger partial charge in [0.1, 0.15) is 19.0 Å². The van der Waals surface area contributed by atoms with Crippen LogP contribution in [0.4, 0.5) is 11.4 Å². The molecule has 11 nitrogen and oxygen atoms in total. The maximum Gasteiger partial charge on any atom is 0.302 e. The lowest BCUT2D eigenvalue weighted by atomic mass is 10.0. The van der Waals surface area contributed by atoms with Crippen molar-refractivity contribution in [3.8, 4) is 11.4 Å². The third kappa shape index (κ3) is 11.2. The summed E-state index contributed by atoms with van der Waals surface area (Å²) in [6.07, 6.45) is 0.0804. The number of benzene rings is 4. The molecule has 0 aliphatic rings. The summed E-state index contributed by atoms with van der Waals surface area (Å²) in [6.45, 7) is 14.2. The van der Waals surface area contributed by atoms with E-state index in [0.717, 1.165) is 50.5 Å². The third-order valence-electron chi connectivity index (χ3n) is 9.12. The van der Waals surface area contributed by atoms with Gasteiger partial charge >= 0.3 is 11.9 Å². The Balaban J connectivity index is 1.41. The topological polar surface area (TPSA) is 132 Å². The van der Waals surface area contributed by atoms with Gasteiger partial charge in [0.2, 0.25) is 5.91 Å². The largest absolute Gasteiger partial charge is 0.464 e. The van der Waals surface area contributed by atoms with Gasteiger partial charge < -0.3 is 34.9 Å². The van der Waals surface area contributed by atoms with Crippen LogP contribution in [0.3, 0.4) is 0 Å². The Morgan fingerprint density at radius 2 is 1.40 bits per heavy atom. The zero-order valence-corrected chi connectivity index (χ0v) is 32.6. The maximum absolute atomic E-state index is 12.3. The van der Waals surface area contributed by atoms with Crippen molar-refractivity contribution >= 4 is 63.5 Å². The molecule has 1 atom stereocenters. The van der Waals surface area contributed by atoms with Gasteiger partial charge in [-0.05, 0) is 91.2 Å². The number of primary amides is 1. The molecule has 1 amide bonds. The van der Waals surface area contributed by atoms with E-state index >= 15 is 0 Å². The second-order valence-electron chi connectivity index (χ2n) is 13.0. The molecule has 0 aliphatic heterocycles. The van der Waals surface area contributed by atoms with Crippen molar-refractivity contribution in [1.82, 2.24) is 14.9 Å². The van der Waals surface area contributed by atoms with Gasteiger partial charge in [-0.25, -0.2) is 4.98 Å². The highest BCUT2D eigenvalue weighted by Gasteiger charge is 2.19. The highest BCUT2D eigenvalue weighted by Crippen LogP contribution is 2.31. The first-order valence-electron chi connectivity index (χ1n) is 18.0. The Morgan fingerprint density at radius 1 is 0.800 bits per heavy atom. The highest BCUT2D eigenvalue weighted by atomic mass is 35.5. The van der Waals surface area contributed by atoms with E-state index in [9.17, 15) is 14.4 Å². The van der Waals surface area contributed by atoms with Crippen LogP contribution in [0.1, 0.15) is 43.0 Å². The number of nitrogens with zero attached hydrogens (tertiary/aromatic N) is 4. The number of nitrogens with two attached hydrogens (primary N) is 1. The number of carbonyl (C=O) groups is 3. The first-order chi connectivity index (χ1) is 26.4. The van der Waals surface area contributed by atoms with E-state index in [0.29, 0.717) is 49.3 Å². The number of aromatic nitrogens is 2. The Bertz CT molecular complexity index is 2060. The van der Waals surface area contributed by atoms with Crippen molar-refractivity contribution in [1.29, 1.82) is 0 Å². The highest BCUT2D eigenvalue weighted by molar-refractivity contribution is 6.42. The number of carbonyl (C=O) groups excluding carboxylic acids is 3. The molecule has 3 N–H and O–H groups in total. The number of anilines is 2. The summed E-state index contributed by atoms with van der Waals surface area (Å²) < 4.78 is 12.4. The average Bonchev–Trinajstić information content (AvgIpc) is 3.52. The van der Waals surface area contributed by atoms with Gasteiger partial charge in [0.05, 0.1) is 34.2 Å². The van der Waals surface area contributed by atoms with Gasteiger partial charge in [-0.15, -0.1) is 0 Å². The summed E-state index contributed by atoms with van der Waals surface area (Å²) in [6, 6.07) is 27.3. The SMILES string of the molecule is [CH2]CN(C[CH2])c1ccc(-c2nc3cc(C(CC(N)=O)NCc4ccc(N(CCOC(C)=O)CCOC(C)=O)cc4)ccc3n2Cc2ccc(Cl)c(Cl)c2)cc1. The molecule has 13 heteroatoms. The first-order valence-corrected chi connectivity index (χ1v) is 18.7. The van der Waals surface area contributed by atoms with Gasteiger partial charge in [0.15, 0.2) is 0 Å². The molecule has 1 aromatic heterocycles. The lowest BCUT2D eigenvalue weighted by Crippen LogP contribution is -2.32. The molecule has 288 valence electrons. The first kappa shape index (κ1) is 41.1. The third-order valence-corrected chi connectivity index (χ3v) is 9.86. The quantitative estimate of drug-likeness (QED) is 0.0837. The number of rotatable bonds is 19. The molecule has 0 aliphatic carbocycles. The molecule has 0 saturated carbocycles. The molecule has 0 fully saturated rings. The molecule has 55 heavy (non-hydrogen) atoms. The van der Waals surface area contributed by atoms with E-state index in [2.05, 4.69) is 28.6 Å². The zero-order valence-electron chi connectivity index (χ0n) is 31.1. The summed E-state index contributed by atoms with van der Waals surface area (Å²) in [5, 5.41) is 4.48. The number of ether oxygens (including phenoxy) is 2. The Morgan fingerprint density at radius 3 is 1.98 bits per heavy atom. The smallest absolute Gasteiger partial charge is 0.302 e. The van der Waals surface area contributed by atoms with Crippen LogP contribution in [0, 0.1) is 13.8 Å². The summed E-state index contributed by atoms with van der Waals surface area (Å²) >= 11 is 12.6. The van der Waals surface area contributed by atoms with Crippen molar-refractivity contribution in [3.05, 3.63) is 126 Å². The lowest BCUT2D eigenvalue weighted by molar-refractivity contribution is -0.141. The summed E-state index contributed by atoms with van der Waals surface area (Å²) in [7, 11) is 0.